The molecule has 1 N–H and O–H groups in total. The molecule has 0 aromatic carbocycles. The Bertz CT molecular complexity index is 696. The molecule has 130 valence electrons. The number of nitrogens with one attached hydrogen (secondary N) is 1. The Morgan fingerprint density at radius 2 is 2.42 bits per heavy atom. The van der Waals surface area contributed by atoms with Gasteiger partial charge < -0.3 is 14.7 Å². The Hall–Kier alpha value is -1.86. The molecular formula is C17H24N4O2S. The number of carbonyl (C=O) groups is 1. The third kappa shape index (κ3) is 3.96. The van der Waals surface area contributed by atoms with Crippen LogP contribution in [0.5, 0.6) is 0 Å². The third-order valence-corrected chi connectivity index (χ3v) is 5.45. The van der Waals surface area contributed by atoms with Gasteiger partial charge >= 0.3 is 6.03 Å². The van der Waals surface area contributed by atoms with Crippen molar-refractivity contribution < 1.29 is 9.32 Å². The van der Waals surface area contributed by atoms with Crippen LogP contribution in [0.15, 0.2) is 22.0 Å². The van der Waals surface area contributed by atoms with Crippen LogP contribution in [-0.2, 0) is 19.5 Å². The molecule has 1 unspecified atom stereocenters. The van der Waals surface area contributed by atoms with Gasteiger partial charge in [-0.15, -0.1) is 11.3 Å². The highest BCUT2D eigenvalue weighted by molar-refractivity contribution is 7.10. The number of nitrogens with zero attached hydrogens (tertiary/aromatic N) is 3. The molecule has 0 saturated heterocycles. The predicted octanol–water partition coefficient (Wildman–Crippen LogP) is 2.63. The lowest BCUT2D eigenvalue weighted by molar-refractivity contribution is 0.176. The normalized spacial score (nSPS) is 15.8. The van der Waals surface area contributed by atoms with Crippen LogP contribution in [0, 0.1) is 6.92 Å². The molecule has 0 radical (unpaired) electrons. The van der Waals surface area contributed by atoms with Crippen LogP contribution in [0.4, 0.5) is 4.79 Å². The summed E-state index contributed by atoms with van der Waals surface area (Å²) in [5, 5.41) is 9.10. The summed E-state index contributed by atoms with van der Waals surface area (Å²) in [5.41, 5.74) is 2.20. The Morgan fingerprint density at radius 3 is 3.17 bits per heavy atom. The Morgan fingerprint density at radius 1 is 1.58 bits per heavy atom. The van der Waals surface area contributed by atoms with E-state index < -0.39 is 0 Å². The van der Waals surface area contributed by atoms with Crippen molar-refractivity contribution >= 4 is 17.4 Å². The summed E-state index contributed by atoms with van der Waals surface area (Å²) in [6, 6.07) is 4.28. The van der Waals surface area contributed by atoms with E-state index in [0.29, 0.717) is 19.1 Å². The molecule has 0 bridgehead atoms. The fourth-order valence-corrected chi connectivity index (χ4v) is 3.84. The maximum absolute atomic E-state index is 12.2. The Kier molecular flexibility index (Phi) is 5.20. The molecule has 24 heavy (non-hydrogen) atoms. The zero-order valence-electron chi connectivity index (χ0n) is 14.4. The second-order valence-electron chi connectivity index (χ2n) is 6.41. The molecule has 1 atom stereocenters. The van der Waals surface area contributed by atoms with Crippen LogP contribution >= 0.6 is 11.3 Å². The van der Waals surface area contributed by atoms with Gasteiger partial charge in [0.2, 0.25) is 0 Å². The van der Waals surface area contributed by atoms with E-state index in [-0.39, 0.29) is 6.03 Å². The zero-order valence-corrected chi connectivity index (χ0v) is 15.2. The summed E-state index contributed by atoms with van der Waals surface area (Å²) in [4.78, 5) is 17.8. The van der Waals surface area contributed by atoms with E-state index in [9.17, 15) is 4.79 Å². The summed E-state index contributed by atoms with van der Waals surface area (Å²) in [6.07, 6.45) is 1.11. The van der Waals surface area contributed by atoms with Gasteiger partial charge in [0.15, 0.2) is 0 Å². The number of carbonyl (C=O) groups excluding carboxylic acids is 1. The van der Waals surface area contributed by atoms with Crippen molar-refractivity contribution in [2.24, 2.45) is 0 Å². The maximum atomic E-state index is 12.2. The van der Waals surface area contributed by atoms with Crippen LogP contribution in [-0.4, -0.2) is 47.2 Å². The monoisotopic (exact) mass is 348 g/mol. The van der Waals surface area contributed by atoms with Gasteiger partial charge in [-0.2, -0.15) is 0 Å². The quantitative estimate of drug-likeness (QED) is 0.902. The highest BCUT2D eigenvalue weighted by Gasteiger charge is 2.22. The van der Waals surface area contributed by atoms with E-state index in [1.54, 1.807) is 11.9 Å². The molecule has 1 aliphatic rings. The first-order valence-corrected chi connectivity index (χ1v) is 9.11. The zero-order chi connectivity index (χ0) is 17.1. The van der Waals surface area contributed by atoms with Crippen LogP contribution in [0.2, 0.25) is 0 Å². The van der Waals surface area contributed by atoms with E-state index >= 15 is 0 Å². The molecule has 2 aromatic rings. The third-order valence-electron chi connectivity index (χ3n) is 4.43. The van der Waals surface area contributed by atoms with Gasteiger partial charge in [0.05, 0.1) is 6.54 Å². The summed E-state index contributed by atoms with van der Waals surface area (Å²) < 4.78 is 5.03. The first-order chi connectivity index (χ1) is 11.5. The summed E-state index contributed by atoms with van der Waals surface area (Å²) in [6.45, 7) is 7.12. The molecule has 6 nitrogen and oxygen atoms in total. The molecule has 7 heteroatoms. The first kappa shape index (κ1) is 17.0. The molecule has 0 fully saturated rings. The number of fused-ring (bicyclic) bond motifs is 1. The second kappa shape index (κ2) is 7.36. The van der Waals surface area contributed by atoms with Crippen molar-refractivity contribution in [3.63, 3.8) is 0 Å². The van der Waals surface area contributed by atoms with Crippen LogP contribution < -0.4 is 5.32 Å². The molecule has 1 aliphatic heterocycles. The lowest BCUT2D eigenvalue weighted by atomic mass is 10.1. The molecule has 0 saturated carbocycles. The number of aromatic nitrogens is 1. The largest absolute Gasteiger partial charge is 0.361 e. The van der Waals surface area contributed by atoms with E-state index in [1.165, 1.54) is 10.4 Å². The molecule has 2 aromatic heterocycles. The maximum Gasteiger partial charge on any atom is 0.317 e. The van der Waals surface area contributed by atoms with Gasteiger partial charge in [-0.3, -0.25) is 4.90 Å². The minimum absolute atomic E-state index is 0.0873. The second-order valence-corrected chi connectivity index (χ2v) is 7.41. The van der Waals surface area contributed by atoms with Gasteiger partial charge in [-0.05, 0) is 37.3 Å². The standard InChI is InChI=1S/C17H24N4O2S/c1-12(21-6-4-16-14(10-21)5-7-24-16)9-18-17(22)20(3)11-15-8-13(2)23-19-15/h5,7-8,12H,4,6,9-11H2,1-3H3,(H,18,22). The lowest BCUT2D eigenvalue weighted by Gasteiger charge is -2.32. The van der Waals surface area contributed by atoms with Gasteiger partial charge in [0, 0.05) is 43.7 Å². The van der Waals surface area contributed by atoms with Crippen molar-refractivity contribution in [3.8, 4) is 0 Å². The minimum Gasteiger partial charge on any atom is -0.361 e. The van der Waals surface area contributed by atoms with Gasteiger partial charge in [0.1, 0.15) is 11.5 Å². The molecule has 3 rings (SSSR count). The molecule has 0 aliphatic carbocycles. The Balaban J connectivity index is 1.45. The highest BCUT2D eigenvalue weighted by Crippen LogP contribution is 2.24. The van der Waals surface area contributed by atoms with E-state index in [0.717, 1.165) is 31.0 Å². The van der Waals surface area contributed by atoms with Gasteiger partial charge in [-0.1, -0.05) is 5.16 Å². The topological polar surface area (TPSA) is 61.6 Å². The minimum atomic E-state index is -0.0873. The van der Waals surface area contributed by atoms with Crippen LogP contribution in [0.3, 0.4) is 0 Å². The number of rotatable bonds is 5. The van der Waals surface area contributed by atoms with Crippen molar-refractivity contribution in [1.29, 1.82) is 0 Å². The average molecular weight is 348 g/mol. The number of hydrogen-bond acceptors (Lipinski definition) is 5. The molecule has 3 heterocycles. The number of thiophene rings is 1. The smallest absolute Gasteiger partial charge is 0.317 e. The van der Waals surface area contributed by atoms with Crippen molar-refractivity contribution in [2.45, 2.75) is 39.4 Å². The van der Waals surface area contributed by atoms with E-state index in [4.69, 9.17) is 4.52 Å². The van der Waals surface area contributed by atoms with Crippen LogP contribution in [0.1, 0.15) is 28.8 Å². The number of urea groups is 1. The molecular weight excluding hydrogens is 324 g/mol. The van der Waals surface area contributed by atoms with Crippen molar-refractivity contribution in [1.82, 2.24) is 20.3 Å². The van der Waals surface area contributed by atoms with Crippen molar-refractivity contribution in [2.75, 3.05) is 20.1 Å². The summed E-state index contributed by atoms with van der Waals surface area (Å²) in [5.74, 6) is 0.755. The fourth-order valence-electron chi connectivity index (χ4n) is 2.95. The highest BCUT2D eigenvalue weighted by atomic mass is 32.1. The molecule has 2 amide bonds. The van der Waals surface area contributed by atoms with Crippen molar-refractivity contribution in [3.05, 3.63) is 39.4 Å². The number of hydrogen-bond donors (Lipinski definition) is 1. The van der Waals surface area contributed by atoms with E-state index in [2.05, 4.69) is 33.7 Å². The van der Waals surface area contributed by atoms with E-state index in [1.807, 2.05) is 24.3 Å². The summed E-state index contributed by atoms with van der Waals surface area (Å²) >= 11 is 1.85. The van der Waals surface area contributed by atoms with Gasteiger partial charge in [0.25, 0.3) is 0 Å². The average Bonchev–Trinajstić information content (AvgIpc) is 3.20. The number of amides is 2. The predicted molar refractivity (Wildman–Crippen MR) is 94.0 cm³/mol. The number of aryl methyl sites for hydroxylation is 1. The first-order valence-electron chi connectivity index (χ1n) is 8.23. The fraction of sp³-hybridized carbons (Fsp3) is 0.529. The Labute approximate surface area is 146 Å². The summed E-state index contributed by atoms with van der Waals surface area (Å²) in [7, 11) is 1.77. The SMILES string of the molecule is Cc1cc(CN(C)C(=O)NCC(C)N2CCc3sccc3C2)no1. The lowest BCUT2D eigenvalue weighted by Crippen LogP contribution is -2.46. The van der Waals surface area contributed by atoms with Gasteiger partial charge in [-0.25, -0.2) is 4.79 Å². The van der Waals surface area contributed by atoms with Crippen LogP contribution in [0.25, 0.3) is 0 Å². The molecule has 0 spiro atoms.